The Hall–Kier alpha value is -1.13. The molecule has 0 bridgehead atoms. The molecule has 4 nitrogen and oxygen atoms in total. The molecule has 1 aliphatic heterocycles. The smallest absolute Gasteiger partial charge is 0.245 e. The lowest BCUT2D eigenvalue weighted by molar-refractivity contribution is -0.152. The van der Waals surface area contributed by atoms with Crippen molar-refractivity contribution in [2.75, 3.05) is 13.2 Å². The Labute approximate surface area is 113 Å². The van der Waals surface area contributed by atoms with Crippen LogP contribution in [0.2, 0.25) is 0 Å². The normalized spacial score (nSPS) is 29.5. The van der Waals surface area contributed by atoms with E-state index in [1.807, 2.05) is 6.92 Å². The number of amides is 2. The third kappa shape index (κ3) is 2.90. The van der Waals surface area contributed by atoms with Gasteiger partial charge in [0.25, 0.3) is 0 Å². The van der Waals surface area contributed by atoms with Crippen LogP contribution in [0.1, 0.15) is 45.4 Å². The molecule has 1 heterocycles. The second kappa shape index (κ2) is 6.35. The molecule has 0 radical (unpaired) electrons. The number of carbonyl (C=O) groups excluding carboxylic acids is 2. The van der Waals surface area contributed by atoms with Crippen LogP contribution in [0, 0.1) is 5.92 Å². The highest BCUT2D eigenvalue weighted by Gasteiger charge is 2.43. The van der Waals surface area contributed by atoms with Crippen LogP contribution in [0.15, 0.2) is 0 Å². The Morgan fingerprint density at radius 2 is 1.95 bits per heavy atom. The molecule has 2 atom stereocenters. The van der Waals surface area contributed by atoms with E-state index in [4.69, 9.17) is 0 Å². The summed E-state index contributed by atoms with van der Waals surface area (Å²) in [6, 6.07) is -0.926. The van der Waals surface area contributed by atoms with E-state index < -0.39 is 18.8 Å². The first-order chi connectivity index (χ1) is 9.19. The van der Waals surface area contributed by atoms with Crippen molar-refractivity contribution in [3.8, 4) is 0 Å². The van der Waals surface area contributed by atoms with Gasteiger partial charge < -0.3 is 10.2 Å². The molecule has 2 unspecified atom stereocenters. The second-order valence-corrected chi connectivity index (χ2v) is 5.53. The molecule has 0 aromatic carbocycles. The number of hydrogen-bond acceptors (Lipinski definition) is 2. The number of nitrogens with zero attached hydrogens (tertiary/aromatic N) is 1. The highest BCUT2D eigenvalue weighted by atomic mass is 19.1. The molecular weight excluding hydrogens is 247 g/mol. The average Bonchev–Trinajstić information content (AvgIpc) is 2.44. The van der Waals surface area contributed by atoms with Crippen molar-refractivity contribution >= 4 is 11.8 Å². The van der Waals surface area contributed by atoms with Gasteiger partial charge in [-0.15, -0.1) is 0 Å². The molecular formula is C14H23FN2O2. The van der Waals surface area contributed by atoms with E-state index in [0.717, 1.165) is 25.7 Å². The van der Waals surface area contributed by atoms with Gasteiger partial charge in [-0.25, -0.2) is 4.39 Å². The summed E-state index contributed by atoms with van der Waals surface area (Å²) in [4.78, 5) is 26.0. The molecule has 5 heteroatoms. The predicted octanol–water partition coefficient (Wildman–Crippen LogP) is 1.64. The fourth-order valence-corrected chi connectivity index (χ4v) is 3.33. The summed E-state index contributed by atoms with van der Waals surface area (Å²) < 4.78 is 12.7. The SMILES string of the molecule is CCC1NC(=O)C(C2CCCCC2)N(CCF)C1=O. The zero-order valence-corrected chi connectivity index (χ0v) is 11.5. The van der Waals surface area contributed by atoms with Gasteiger partial charge in [0.05, 0.1) is 0 Å². The molecule has 1 saturated heterocycles. The van der Waals surface area contributed by atoms with Crippen LogP contribution < -0.4 is 5.32 Å². The molecule has 1 N–H and O–H groups in total. The van der Waals surface area contributed by atoms with E-state index >= 15 is 0 Å². The molecule has 19 heavy (non-hydrogen) atoms. The summed E-state index contributed by atoms with van der Waals surface area (Å²) in [6.45, 7) is 1.32. The highest BCUT2D eigenvalue weighted by Crippen LogP contribution is 2.31. The summed E-state index contributed by atoms with van der Waals surface area (Å²) in [5.74, 6) is -0.0100. The third-order valence-corrected chi connectivity index (χ3v) is 4.33. The highest BCUT2D eigenvalue weighted by molar-refractivity contribution is 5.97. The molecule has 108 valence electrons. The van der Waals surface area contributed by atoms with E-state index in [9.17, 15) is 14.0 Å². The largest absolute Gasteiger partial charge is 0.343 e. The summed E-state index contributed by atoms with van der Waals surface area (Å²) in [5, 5.41) is 2.80. The van der Waals surface area contributed by atoms with Gasteiger partial charge in [0.2, 0.25) is 11.8 Å². The van der Waals surface area contributed by atoms with Crippen molar-refractivity contribution < 1.29 is 14.0 Å². The van der Waals surface area contributed by atoms with E-state index in [-0.39, 0.29) is 24.3 Å². The molecule has 2 amide bonds. The van der Waals surface area contributed by atoms with Gasteiger partial charge in [0.1, 0.15) is 18.8 Å². The number of nitrogens with one attached hydrogen (secondary N) is 1. The predicted molar refractivity (Wildman–Crippen MR) is 70.3 cm³/mol. The minimum Gasteiger partial charge on any atom is -0.343 e. The van der Waals surface area contributed by atoms with E-state index in [0.29, 0.717) is 6.42 Å². The van der Waals surface area contributed by atoms with Crippen LogP contribution in [0.3, 0.4) is 0 Å². The first kappa shape index (κ1) is 14.3. The van der Waals surface area contributed by atoms with E-state index in [2.05, 4.69) is 5.32 Å². The quantitative estimate of drug-likeness (QED) is 0.844. The van der Waals surface area contributed by atoms with E-state index in [1.54, 1.807) is 0 Å². The molecule has 1 saturated carbocycles. The molecule has 1 aliphatic carbocycles. The molecule has 0 aromatic heterocycles. The summed E-state index contributed by atoms with van der Waals surface area (Å²) in [5.41, 5.74) is 0. The van der Waals surface area contributed by atoms with Gasteiger partial charge in [-0.2, -0.15) is 0 Å². The van der Waals surface area contributed by atoms with Crippen molar-refractivity contribution in [3.63, 3.8) is 0 Å². The Balaban J connectivity index is 2.17. The van der Waals surface area contributed by atoms with Gasteiger partial charge in [-0.3, -0.25) is 9.59 Å². The maximum absolute atomic E-state index is 12.7. The molecule has 2 rings (SSSR count). The molecule has 2 aliphatic rings. The zero-order valence-electron chi connectivity index (χ0n) is 11.5. The summed E-state index contributed by atoms with van der Waals surface area (Å²) in [6.07, 6.45) is 5.88. The molecule has 2 fully saturated rings. The Bertz CT molecular complexity index is 342. The average molecular weight is 270 g/mol. The Morgan fingerprint density at radius 1 is 1.26 bits per heavy atom. The maximum Gasteiger partial charge on any atom is 0.245 e. The summed E-state index contributed by atoms with van der Waals surface area (Å²) in [7, 11) is 0. The van der Waals surface area contributed by atoms with Gasteiger partial charge in [-0.1, -0.05) is 26.2 Å². The van der Waals surface area contributed by atoms with E-state index in [1.165, 1.54) is 11.3 Å². The van der Waals surface area contributed by atoms with Crippen LogP contribution in [0.25, 0.3) is 0 Å². The third-order valence-electron chi connectivity index (χ3n) is 4.33. The number of piperazine rings is 1. The standard InChI is InChI=1S/C14H23FN2O2/c1-2-11-14(19)17(9-8-15)12(13(18)16-11)10-6-4-3-5-7-10/h10-12H,2-9H2,1H3,(H,16,18). The minimum atomic E-state index is -0.585. The Morgan fingerprint density at radius 3 is 2.53 bits per heavy atom. The van der Waals surface area contributed by atoms with Gasteiger partial charge >= 0.3 is 0 Å². The fourth-order valence-electron chi connectivity index (χ4n) is 3.33. The van der Waals surface area contributed by atoms with Crippen LogP contribution in [0.4, 0.5) is 4.39 Å². The first-order valence-electron chi connectivity index (χ1n) is 7.35. The zero-order chi connectivity index (χ0) is 13.8. The Kier molecular flexibility index (Phi) is 4.77. The first-order valence-corrected chi connectivity index (χ1v) is 7.35. The van der Waals surface area contributed by atoms with Gasteiger partial charge in [0.15, 0.2) is 0 Å². The number of rotatable bonds is 4. The number of alkyl halides is 1. The molecule has 0 aromatic rings. The lowest BCUT2D eigenvalue weighted by atomic mass is 9.81. The maximum atomic E-state index is 12.7. The van der Waals surface area contributed by atoms with Gasteiger partial charge in [-0.05, 0) is 25.2 Å². The monoisotopic (exact) mass is 270 g/mol. The van der Waals surface area contributed by atoms with Crippen LogP contribution in [-0.4, -0.2) is 42.0 Å². The lowest BCUT2D eigenvalue weighted by Crippen LogP contribution is -2.65. The summed E-state index contributed by atoms with van der Waals surface area (Å²) >= 11 is 0. The fraction of sp³-hybridized carbons (Fsp3) is 0.857. The number of carbonyl (C=O) groups is 2. The van der Waals surface area contributed by atoms with Crippen molar-refractivity contribution in [2.24, 2.45) is 5.92 Å². The van der Waals surface area contributed by atoms with Crippen molar-refractivity contribution in [3.05, 3.63) is 0 Å². The van der Waals surface area contributed by atoms with Crippen molar-refractivity contribution in [2.45, 2.75) is 57.5 Å². The topological polar surface area (TPSA) is 49.4 Å². The van der Waals surface area contributed by atoms with Gasteiger partial charge in [0, 0.05) is 6.54 Å². The second-order valence-electron chi connectivity index (χ2n) is 5.53. The number of halogens is 1. The van der Waals surface area contributed by atoms with Crippen molar-refractivity contribution in [1.29, 1.82) is 0 Å². The van der Waals surface area contributed by atoms with Crippen LogP contribution in [0.5, 0.6) is 0 Å². The van der Waals surface area contributed by atoms with Crippen LogP contribution in [-0.2, 0) is 9.59 Å². The lowest BCUT2D eigenvalue weighted by Gasteiger charge is -2.43. The number of hydrogen-bond donors (Lipinski definition) is 1. The molecule has 0 spiro atoms. The van der Waals surface area contributed by atoms with Crippen LogP contribution >= 0.6 is 0 Å². The van der Waals surface area contributed by atoms with Crippen molar-refractivity contribution in [1.82, 2.24) is 10.2 Å². The minimum absolute atomic E-state index is 0.0456.